The monoisotopic (exact) mass is 2110 g/mol. The second-order valence-corrected chi connectivity index (χ2v) is 43.6. The van der Waals surface area contributed by atoms with Gasteiger partial charge < -0.3 is 43.2 Å². The largest absolute Gasteiger partial charge is 0.493 e. The molecule has 12 aromatic rings. The summed E-state index contributed by atoms with van der Waals surface area (Å²) < 4.78 is 62.0. The van der Waals surface area contributed by atoms with Crippen LogP contribution in [0.4, 0.5) is 25.8 Å². The van der Waals surface area contributed by atoms with Gasteiger partial charge in [0.15, 0.2) is 35.3 Å². The van der Waals surface area contributed by atoms with E-state index >= 15 is 0 Å². The van der Waals surface area contributed by atoms with Crippen LogP contribution in [0.3, 0.4) is 0 Å². The zero-order chi connectivity index (χ0) is 105. The normalized spacial score (nSPS) is 22.8. The third-order valence-electron chi connectivity index (χ3n) is 28.4. The number of alkyl halides is 2. The van der Waals surface area contributed by atoms with Crippen molar-refractivity contribution in [1.29, 1.82) is 15.8 Å². The maximum Gasteiger partial charge on any atom is 0.271 e. The Bertz CT molecular complexity index is 7270. The lowest BCUT2D eigenvalue weighted by Crippen LogP contribution is -2.52. The van der Waals surface area contributed by atoms with Crippen LogP contribution in [0.1, 0.15) is 179 Å². The Labute approximate surface area is 873 Å². The van der Waals surface area contributed by atoms with E-state index in [-0.39, 0.29) is 69.1 Å². The number of anilines is 3. The Balaban J connectivity index is 0.000000132. The van der Waals surface area contributed by atoms with Crippen molar-refractivity contribution in [2.45, 2.75) is 141 Å². The number of sulfonamides is 1. The molecule has 2 fully saturated rings. The van der Waals surface area contributed by atoms with Crippen LogP contribution < -0.4 is 47.9 Å². The van der Waals surface area contributed by atoms with E-state index in [1.165, 1.54) is 104 Å². The summed E-state index contributed by atoms with van der Waals surface area (Å²) in [6, 6.07) is 79.5. The molecule has 9 atom stereocenters. The van der Waals surface area contributed by atoms with Gasteiger partial charge in [0.1, 0.15) is 32.1 Å². The summed E-state index contributed by atoms with van der Waals surface area (Å²) in [4.78, 5) is 103. The fourth-order valence-corrected chi connectivity index (χ4v) is 24.7. The molecule has 29 nitrogen and oxygen atoms in total. The van der Waals surface area contributed by atoms with Gasteiger partial charge in [-0.2, -0.15) is 15.8 Å². The Morgan fingerprint density at radius 3 is 1.31 bits per heavy atom. The van der Waals surface area contributed by atoms with Crippen molar-refractivity contribution in [1.82, 2.24) is 24.5 Å². The molecule has 11 N–H and O–H groups in total. The molecule has 0 aliphatic carbocycles. The smallest absolute Gasteiger partial charge is 0.271 e. The first-order valence-corrected chi connectivity index (χ1v) is 52.7. The molecule has 3 aromatic heterocycles. The molecule has 36 heteroatoms. The van der Waals surface area contributed by atoms with Crippen LogP contribution in [0, 0.1) is 34.0 Å². The summed E-state index contributed by atoms with van der Waals surface area (Å²) in [7, 11) is 4.38. The number of benzene rings is 9. The van der Waals surface area contributed by atoms with Crippen LogP contribution in [-0.4, -0.2) is 160 Å². The first-order valence-electron chi connectivity index (χ1n) is 47.8. The number of halogens is 3. The van der Waals surface area contributed by atoms with E-state index in [0.29, 0.717) is 45.7 Å². The van der Waals surface area contributed by atoms with Crippen molar-refractivity contribution in [2.24, 2.45) is 53.6 Å². The molecule has 9 aromatic carbocycles. The molecule has 754 valence electrons. The number of nitrogens with two attached hydrogens (primary N) is 5. The van der Waals surface area contributed by atoms with Gasteiger partial charge in [0.25, 0.3) is 21.9 Å². The topological polar surface area (TPSA) is 427 Å². The Morgan fingerprint density at radius 2 is 0.857 bits per heavy atom. The molecule has 11 heterocycles. The molecule has 2 saturated heterocycles. The van der Waals surface area contributed by atoms with Crippen LogP contribution in [0.25, 0.3) is 11.1 Å². The second kappa shape index (κ2) is 42.8. The summed E-state index contributed by atoms with van der Waals surface area (Å²) in [5.41, 5.74) is 38.6. The summed E-state index contributed by atoms with van der Waals surface area (Å²) >= 11 is 7.64. The molecule has 0 spiro atoms. The van der Waals surface area contributed by atoms with E-state index < -0.39 is 67.3 Å². The molecular formula is C111H112BrF2N21O8S4. The highest BCUT2D eigenvalue weighted by Crippen LogP contribution is 2.53. The number of rotatable bonds is 17. The minimum atomic E-state index is -3.72. The lowest BCUT2D eigenvalue weighted by Gasteiger charge is -2.41. The van der Waals surface area contributed by atoms with Crippen molar-refractivity contribution in [3.63, 3.8) is 0 Å². The second-order valence-electron chi connectivity index (χ2n) is 38.0. The van der Waals surface area contributed by atoms with Gasteiger partial charge in [-0.1, -0.05) is 146 Å². The van der Waals surface area contributed by atoms with Crippen LogP contribution in [-0.2, 0) is 74.0 Å². The number of hydrogen-bond acceptors (Lipinski definition) is 26. The standard InChI is InChI=1S/C25H22F2N4OS.2C24H27N5O.C20H18N4O3S2.C18H18BrN3O2S/c1-24(20-12-18(14-33-20)17-6-4-5-15(11-17)13-28)21(22(32)31(3)23(29)30-24)16-7-9-19(10-8-16)25(2,26)27;2*1-24(19-8-6-7-17(15-19)16-25)21(22(30)28(2)23(26)27-24)18-9-11-20(12-10-18)29-13-4-3-5-14-29;1-24-18(25)20(22-19(24)21,14-7-3-2-4-8-14)15-9-5-10-16(13-15)23-29(26,27)17-11-6-12-28-17;1-18(14-8-12(19)9-25-14)15(16(23)22(2)17(20)21-18)11-3-4-13-10(7-11)5-6-24-13/h4-12,14,21H,1-3H3,(H2,29,30);2*6-12,15,21H,3-5,13-14H2,1-2H3,(H2,26,27);2-13,23H,1H3,(H2,21,22);3-4,7-9,15H,5-6H2,1-2H3,(H2,20,21)/t2*21-,24+;21-,24-;;15?,18-/m001.1/s1. The summed E-state index contributed by atoms with van der Waals surface area (Å²) in [5.74, 6) is -4.29. The van der Waals surface area contributed by atoms with Crippen LogP contribution in [0.2, 0.25) is 0 Å². The number of thiophene rings is 3. The van der Waals surface area contributed by atoms with Gasteiger partial charge in [-0.25, -0.2) is 42.2 Å². The zero-order valence-corrected chi connectivity index (χ0v) is 87.6. The third-order valence-corrected chi connectivity index (χ3v) is 34.2. The average Bonchev–Trinajstić information content (AvgIpc) is 1.71. The first-order chi connectivity index (χ1) is 70.2. The lowest BCUT2D eigenvalue weighted by molar-refractivity contribution is -0.131. The predicted molar refractivity (Wildman–Crippen MR) is 577 cm³/mol. The quantitative estimate of drug-likeness (QED) is 0.0493. The summed E-state index contributed by atoms with van der Waals surface area (Å²) in [6.45, 7) is 13.5. The van der Waals surface area contributed by atoms with E-state index in [0.717, 1.165) is 115 Å². The molecule has 147 heavy (non-hydrogen) atoms. The SMILES string of the molecule is CN1C(=O)C(c2ccc3c(c2)CCO3)[C@@](C)(c2cc(Br)cs2)N=C1N.CN1C(=O)C(c2ccccc2)(c2cccc(NS(=O)(=O)c3cccs3)c2)N=C1N.CN1C(=O)[C@@H](c2ccc(N3CCCCC3)cc2)[C@@](C)(c2cccc(C#N)c2)N=C1N.CN1C(=O)[C@H](c2ccc(C(C)(F)F)cc2)[C@@](C)(c2cc(-c3cccc(C#N)c3)cs2)N=C1N.CN1C(=O)[C@H](c2ccc(N3CCCCC3)cc2)[C@@](C)(c2cccc(C#N)c2)N=C1N. The fraction of sp³-hybridized carbons (Fsp3) is 0.288. The molecule has 0 bridgehead atoms. The zero-order valence-electron chi connectivity index (χ0n) is 82.7. The summed E-state index contributed by atoms with van der Waals surface area (Å²) in [5, 5.41) is 33.5. The van der Waals surface area contributed by atoms with Gasteiger partial charge >= 0.3 is 0 Å². The molecule has 5 amide bonds. The Morgan fingerprint density at radius 1 is 0.435 bits per heavy atom. The number of nitrogens with one attached hydrogen (secondary N) is 1. The highest BCUT2D eigenvalue weighted by atomic mass is 79.9. The predicted octanol–water partition coefficient (Wildman–Crippen LogP) is 17.7. The third kappa shape index (κ3) is 21.1. The van der Waals surface area contributed by atoms with Gasteiger partial charge in [-0.3, -0.25) is 53.2 Å². The number of carbonyl (C=O) groups is 5. The molecular weight excluding hydrogens is 2000 g/mol. The van der Waals surface area contributed by atoms with Crippen LogP contribution >= 0.6 is 49.9 Å². The maximum atomic E-state index is 13.7. The van der Waals surface area contributed by atoms with Gasteiger partial charge in [0.05, 0.1) is 65.2 Å². The number of nitrogens with zero attached hydrogens (tertiary/aromatic N) is 15. The van der Waals surface area contributed by atoms with E-state index in [9.17, 15) is 57.0 Å². The average molecular weight is 2110 g/mol. The Kier molecular flexibility index (Phi) is 30.5. The molecule has 20 rings (SSSR count). The molecule has 2 unspecified atom stereocenters. The number of nitriles is 3. The maximum absolute atomic E-state index is 13.7. The molecule has 8 aliphatic rings. The van der Waals surface area contributed by atoms with Crippen molar-refractivity contribution < 1.29 is 45.9 Å². The van der Waals surface area contributed by atoms with Gasteiger partial charge in [-0.05, 0) is 251 Å². The minimum Gasteiger partial charge on any atom is -0.493 e. The highest BCUT2D eigenvalue weighted by molar-refractivity contribution is 9.10. The van der Waals surface area contributed by atoms with Crippen molar-refractivity contribution in [3.05, 3.63) is 345 Å². The van der Waals surface area contributed by atoms with Crippen LogP contribution in [0.5, 0.6) is 5.75 Å². The number of ether oxygens (including phenoxy) is 1. The number of likely N-dealkylation sites (N-methyl/N-ethyl adjacent to an activating group) is 5. The molecule has 0 radical (unpaired) electrons. The number of fused-ring (bicyclic) bond motifs is 1. The van der Waals surface area contributed by atoms with Crippen molar-refractivity contribution >= 4 is 136 Å². The van der Waals surface area contributed by atoms with Crippen LogP contribution in [0.15, 0.2) is 292 Å². The van der Waals surface area contributed by atoms with Gasteiger partial charge in [0.2, 0.25) is 23.6 Å². The fourth-order valence-electron chi connectivity index (χ4n) is 20.0. The number of amides is 5. The van der Waals surface area contributed by atoms with E-state index in [2.05, 4.69) is 84.0 Å². The first kappa shape index (κ1) is 105. The molecule has 8 aliphatic heterocycles. The number of carbonyl (C=O) groups excluding carboxylic acids is 5. The van der Waals surface area contributed by atoms with E-state index in [1.807, 2.05) is 142 Å². The number of hydrogen-bond donors (Lipinski definition) is 6. The van der Waals surface area contributed by atoms with Gasteiger partial charge in [0, 0.05) is 117 Å². The van der Waals surface area contributed by atoms with Crippen molar-refractivity contribution in [2.75, 3.05) is 82.5 Å². The number of piperidine rings is 2. The highest BCUT2D eigenvalue weighted by Gasteiger charge is 2.54. The van der Waals surface area contributed by atoms with E-state index in [1.54, 1.807) is 143 Å². The Hall–Kier alpha value is -15.3. The summed E-state index contributed by atoms with van der Waals surface area (Å²) in [6.07, 6.45) is 8.31. The number of guanidine groups is 5. The number of aliphatic imine (C=N–C) groups is 5. The van der Waals surface area contributed by atoms with E-state index in [4.69, 9.17) is 53.4 Å². The lowest BCUT2D eigenvalue weighted by atomic mass is 9.74. The molecule has 0 saturated carbocycles. The van der Waals surface area contributed by atoms with Crippen molar-refractivity contribution in [3.8, 4) is 35.1 Å². The van der Waals surface area contributed by atoms with Gasteiger partial charge in [-0.15, -0.1) is 34.0 Å². The minimum absolute atomic E-state index is 0.0432.